The zero-order chi connectivity index (χ0) is 16.7. The highest BCUT2D eigenvalue weighted by Gasteiger charge is 2.53. The zero-order valence-corrected chi connectivity index (χ0v) is 15.9. The summed E-state index contributed by atoms with van der Waals surface area (Å²) < 4.78 is 0. The van der Waals surface area contributed by atoms with E-state index in [2.05, 4.69) is 45.0 Å². The monoisotopic (exact) mass is 323 g/mol. The van der Waals surface area contributed by atoms with E-state index in [0.29, 0.717) is 12.3 Å². The minimum atomic E-state index is -1.56. The molecule has 1 amide bonds. The Balaban J connectivity index is 2.43. The molecule has 126 valence electrons. The first kappa shape index (κ1) is 17.7. The largest absolute Gasteiger partial charge is 0.392 e. The van der Waals surface area contributed by atoms with E-state index < -0.39 is 8.07 Å². The van der Waals surface area contributed by atoms with Crippen LogP contribution in [0.3, 0.4) is 0 Å². The number of carbonyl (C=O) groups is 1. The number of aliphatic hydroxyl groups is 1. The van der Waals surface area contributed by atoms with E-state index in [1.807, 2.05) is 0 Å². The van der Waals surface area contributed by atoms with Crippen molar-refractivity contribution in [1.82, 2.24) is 4.90 Å². The van der Waals surface area contributed by atoms with Gasteiger partial charge in [0.05, 0.1) is 14.2 Å². The van der Waals surface area contributed by atoms with E-state index in [1.165, 1.54) is 5.20 Å². The van der Waals surface area contributed by atoms with Crippen molar-refractivity contribution < 1.29 is 9.90 Å². The summed E-state index contributed by atoms with van der Waals surface area (Å²) in [4.78, 5) is 14.7. The predicted octanol–water partition coefficient (Wildman–Crippen LogP) is 3.60. The Hall–Kier alpha value is -0.613. The number of rotatable bonds is 5. The summed E-state index contributed by atoms with van der Waals surface area (Å²) in [6.45, 7) is 15.6. The number of amides is 1. The Morgan fingerprint density at radius 2 is 2.00 bits per heavy atom. The molecule has 0 aliphatic carbocycles. The second kappa shape index (κ2) is 6.48. The fraction of sp³-hybridized carbons (Fsp3) is 0.833. The number of carbonyl (C=O) groups excluding carboxylic acids is 1. The Labute approximate surface area is 136 Å². The number of fused-ring (bicyclic) bond motifs is 1. The molecule has 0 spiro atoms. The highest BCUT2D eigenvalue weighted by atomic mass is 28.3. The van der Waals surface area contributed by atoms with Gasteiger partial charge in [-0.1, -0.05) is 45.1 Å². The van der Waals surface area contributed by atoms with Crippen LogP contribution in [0.25, 0.3) is 0 Å². The normalized spacial score (nSPS) is 35.6. The van der Waals surface area contributed by atoms with E-state index in [-0.39, 0.29) is 30.0 Å². The Morgan fingerprint density at radius 1 is 1.36 bits per heavy atom. The Bertz CT molecular complexity index is 443. The lowest BCUT2D eigenvalue weighted by molar-refractivity contribution is -0.142. The Morgan fingerprint density at radius 3 is 2.50 bits per heavy atom. The van der Waals surface area contributed by atoms with Crippen LogP contribution in [0.4, 0.5) is 0 Å². The molecule has 2 rings (SSSR count). The molecule has 2 aliphatic rings. The van der Waals surface area contributed by atoms with Gasteiger partial charge in [-0.15, -0.1) is 6.58 Å². The van der Waals surface area contributed by atoms with Crippen molar-refractivity contribution in [3.8, 4) is 0 Å². The molecule has 0 aromatic rings. The average Bonchev–Trinajstić information content (AvgIpc) is 2.80. The molecule has 3 nitrogen and oxygen atoms in total. The van der Waals surface area contributed by atoms with E-state index in [4.69, 9.17) is 0 Å². The summed E-state index contributed by atoms with van der Waals surface area (Å²) in [5.41, 5.74) is 0. The first-order valence-electron chi connectivity index (χ1n) is 8.92. The maximum atomic E-state index is 12.5. The van der Waals surface area contributed by atoms with Gasteiger partial charge in [0.25, 0.3) is 0 Å². The molecule has 22 heavy (non-hydrogen) atoms. The smallest absolute Gasteiger partial charge is 0.223 e. The molecule has 2 aliphatic heterocycles. The molecular formula is C18H33NO2Si. The lowest BCUT2D eigenvalue weighted by Gasteiger charge is -2.52. The van der Waals surface area contributed by atoms with Gasteiger partial charge >= 0.3 is 0 Å². The van der Waals surface area contributed by atoms with Crippen molar-refractivity contribution in [2.45, 2.75) is 83.8 Å². The predicted molar refractivity (Wildman–Crippen MR) is 94.3 cm³/mol. The average molecular weight is 324 g/mol. The SMILES string of the molecule is C=C([C@@H]1[C@H](O)[C@@H](CC)[C@@H]2CCC(=O)N2[C@H]1CCC)[Si](C)(C)C. The standard InChI is InChI=1S/C18H33NO2Si/c1-7-9-15-17(12(3)22(4,5)6)18(21)13(8-2)14-10-11-16(20)19(14)15/h13-15,17-18,21H,3,7-11H2,1-2,4-6H3/t13-,14-,15-,17-,18+/m0/s1. The van der Waals surface area contributed by atoms with E-state index in [9.17, 15) is 9.90 Å². The van der Waals surface area contributed by atoms with Gasteiger partial charge in [0, 0.05) is 30.3 Å². The molecule has 4 heteroatoms. The van der Waals surface area contributed by atoms with E-state index in [0.717, 1.165) is 25.7 Å². The van der Waals surface area contributed by atoms with Gasteiger partial charge in [-0.25, -0.2) is 0 Å². The fourth-order valence-electron chi connectivity index (χ4n) is 4.54. The number of hydrogen-bond donors (Lipinski definition) is 1. The van der Waals surface area contributed by atoms with Crippen LogP contribution < -0.4 is 0 Å². The summed E-state index contributed by atoms with van der Waals surface area (Å²) in [5, 5.41) is 12.3. The van der Waals surface area contributed by atoms with Gasteiger partial charge in [0.15, 0.2) is 0 Å². The second-order valence-electron chi connectivity index (χ2n) is 8.13. The van der Waals surface area contributed by atoms with Crippen LogP contribution in [0.2, 0.25) is 19.6 Å². The minimum Gasteiger partial charge on any atom is -0.392 e. The zero-order valence-electron chi connectivity index (χ0n) is 14.9. The third-order valence-electron chi connectivity index (χ3n) is 5.79. The molecule has 0 aromatic carbocycles. The summed E-state index contributed by atoms with van der Waals surface area (Å²) in [7, 11) is -1.56. The minimum absolute atomic E-state index is 0.0647. The van der Waals surface area contributed by atoms with Crippen molar-refractivity contribution in [2.24, 2.45) is 11.8 Å². The molecule has 1 N–H and O–H groups in total. The van der Waals surface area contributed by atoms with Gasteiger partial charge in [0.1, 0.15) is 0 Å². The van der Waals surface area contributed by atoms with E-state index in [1.54, 1.807) is 0 Å². The van der Waals surface area contributed by atoms with Crippen molar-refractivity contribution >= 4 is 14.0 Å². The van der Waals surface area contributed by atoms with Crippen LogP contribution in [0.15, 0.2) is 11.8 Å². The summed E-state index contributed by atoms with van der Waals surface area (Å²) in [6.07, 6.45) is 4.18. The molecule has 0 bridgehead atoms. The highest BCUT2D eigenvalue weighted by Crippen LogP contribution is 2.45. The fourth-order valence-corrected chi connectivity index (χ4v) is 5.90. The lowest BCUT2D eigenvalue weighted by atomic mass is 9.73. The van der Waals surface area contributed by atoms with Gasteiger partial charge in [0.2, 0.25) is 5.91 Å². The first-order valence-corrected chi connectivity index (χ1v) is 12.4. The van der Waals surface area contributed by atoms with Gasteiger partial charge in [-0.05, 0) is 19.3 Å². The number of piperidine rings is 1. The summed E-state index contributed by atoms with van der Waals surface area (Å²) in [5.74, 6) is 0.565. The molecule has 2 heterocycles. The van der Waals surface area contributed by atoms with Crippen LogP contribution in [0, 0.1) is 11.8 Å². The topological polar surface area (TPSA) is 40.5 Å². The van der Waals surface area contributed by atoms with Crippen LogP contribution in [0.1, 0.15) is 46.0 Å². The number of aliphatic hydroxyl groups excluding tert-OH is 1. The Kier molecular flexibility index (Phi) is 5.22. The number of hydrogen-bond acceptors (Lipinski definition) is 2. The molecule has 2 saturated heterocycles. The van der Waals surface area contributed by atoms with Crippen molar-refractivity contribution in [2.75, 3.05) is 0 Å². The lowest BCUT2D eigenvalue weighted by Crippen LogP contribution is -2.61. The molecule has 5 atom stereocenters. The quantitative estimate of drug-likeness (QED) is 0.785. The molecule has 2 fully saturated rings. The molecule has 0 aromatic heterocycles. The maximum absolute atomic E-state index is 12.5. The maximum Gasteiger partial charge on any atom is 0.223 e. The molecule has 0 unspecified atom stereocenters. The second-order valence-corrected chi connectivity index (χ2v) is 13.3. The van der Waals surface area contributed by atoms with Crippen LogP contribution in [-0.4, -0.2) is 42.2 Å². The van der Waals surface area contributed by atoms with Crippen LogP contribution in [-0.2, 0) is 4.79 Å². The van der Waals surface area contributed by atoms with Crippen molar-refractivity contribution in [3.63, 3.8) is 0 Å². The van der Waals surface area contributed by atoms with Crippen molar-refractivity contribution in [1.29, 1.82) is 0 Å². The third-order valence-corrected chi connectivity index (χ3v) is 8.05. The summed E-state index contributed by atoms with van der Waals surface area (Å²) >= 11 is 0. The van der Waals surface area contributed by atoms with Gasteiger partial charge in [-0.3, -0.25) is 4.79 Å². The van der Waals surface area contributed by atoms with Crippen LogP contribution >= 0.6 is 0 Å². The number of nitrogens with zero attached hydrogens (tertiary/aromatic N) is 1. The van der Waals surface area contributed by atoms with Crippen molar-refractivity contribution in [3.05, 3.63) is 11.8 Å². The summed E-state index contributed by atoms with van der Waals surface area (Å²) in [6, 6.07) is 0.400. The van der Waals surface area contributed by atoms with Gasteiger partial charge in [-0.2, -0.15) is 0 Å². The first-order chi connectivity index (χ1) is 10.2. The molecule has 0 saturated carbocycles. The molecule has 0 radical (unpaired) electrons. The van der Waals surface area contributed by atoms with E-state index >= 15 is 0 Å². The van der Waals surface area contributed by atoms with Gasteiger partial charge < -0.3 is 10.0 Å². The third kappa shape index (κ3) is 2.92. The van der Waals surface area contributed by atoms with Crippen LogP contribution in [0.5, 0.6) is 0 Å². The molecular weight excluding hydrogens is 290 g/mol. The highest BCUT2D eigenvalue weighted by molar-refractivity contribution is 6.83.